The Balaban J connectivity index is 2.25. The number of aromatic nitrogens is 1. The molecule has 0 amide bonds. The number of esters is 1. The van der Waals surface area contributed by atoms with Gasteiger partial charge in [0.25, 0.3) is 0 Å². The van der Waals surface area contributed by atoms with Crippen LogP contribution < -0.4 is 0 Å². The van der Waals surface area contributed by atoms with E-state index in [0.29, 0.717) is 5.52 Å². The van der Waals surface area contributed by atoms with E-state index in [1.54, 1.807) is 29.8 Å². The number of ether oxygens (including phenoxy) is 1. The van der Waals surface area contributed by atoms with Crippen molar-refractivity contribution in [3.05, 3.63) is 71.7 Å². The Morgan fingerprint density at radius 3 is 2.54 bits per heavy atom. The molecule has 26 heavy (non-hydrogen) atoms. The van der Waals surface area contributed by atoms with Crippen molar-refractivity contribution < 1.29 is 23.8 Å². The van der Waals surface area contributed by atoms with Gasteiger partial charge in [0.1, 0.15) is 11.4 Å². The number of carboxylic acid groups (broad SMARTS) is 1. The molecule has 0 aliphatic rings. The summed E-state index contributed by atoms with van der Waals surface area (Å²) in [6, 6.07) is 13.8. The molecule has 0 radical (unpaired) electrons. The van der Waals surface area contributed by atoms with Crippen LogP contribution in [0.3, 0.4) is 0 Å². The van der Waals surface area contributed by atoms with Gasteiger partial charge in [0.05, 0.1) is 12.1 Å². The summed E-state index contributed by atoms with van der Waals surface area (Å²) in [4.78, 5) is 23.4. The third-order valence-corrected chi connectivity index (χ3v) is 3.87. The number of carbonyl (C=O) groups is 2. The first-order chi connectivity index (χ1) is 12.5. The van der Waals surface area contributed by atoms with Crippen molar-refractivity contribution in [1.29, 1.82) is 0 Å². The fraction of sp³-hybridized carbons (Fsp3) is 0.100. The molecule has 0 bridgehead atoms. The van der Waals surface area contributed by atoms with Crippen molar-refractivity contribution in [2.24, 2.45) is 0 Å². The van der Waals surface area contributed by atoms with Crippen LogP contribution in [0, 0.1) is 5.82 Å². The lowest BCUT2D eigenvalue weighted by molar-refractivity contribution is -0.143. The zero-order valence-electron chi connectivity index (χ0n) is 14.0. The lowest BCUT2D eigenvalue weighted by atomic mass is 10.1. The maximum Gasteiger partial charge on any atom is 0.345 e. The molecule has 132 valence electrons. The predicted molar refractivity (Wildman–Crippen MR) is 95.5 cm³/mol. The zero-order chi connectivity index (χ0) is 18.7. The minimum absolute atomic E-state index is 0.0452. The first kappa shape index (κ1) is 17.4. The number of aliphatic carboxylic acids is 1. The van der Waals surface area contributed by atoms with Crippen molar-refractivity contribution in [3.63, 3.8) is 0 Å². The van der Waals surface area contributed by atoms with Crippen LogP contribution in [0.15, 0.2) is 60.3 Å². The van der Waals surface area contributed by atoms with Crippen LogP contribution >= 0.6 is 0 Å². The van der Waals surface area contributed by atoms with Gasteiger partial charge in [-0.1, -0.05) is 24.3 Å². The second-order valence-corrected chi connectivity index (χ2v) is 5.51. The standard InChI is InChI=1S/C20H16FNO4/c1-2-26-20(25)15(19(23)24)11-13-12-22(14-7-4-3-5-8-14)17-10-6-9-16(21)18(13)17/h3-12H,2H2,1H3,(H,23,24)/b15-11+. The molecule has 1 N–H and O–H groups in total. The Kier molecular flexibility index (Phi) is 4.84. The molecule has 3 rings (SSSR count). The molecule has 0 saturated heterocycles. The molecule has 0 unspecified atom stereocenters. The number of nitrogens with zero attached hydrogens (tertiary/aromatic N) is 1. The van der Waals surface area contributed by atoms with Crippen LogP contribution in [0.2, 0.25) is 0 Å². The second kappa shape index (κ2) is 7.23. The molecule has 1 heterocycles. The first-order valence-corrected chi connectivity index (χ1v) is 8.00. The minimum atomic E-state index is -1.43. The Morgan fingerprint density at radius 1 is 1.15 bits per heavy atom. The lowest BCUT2D eigenvalue weighted by Gasteiger charge is -2.04. The normalized spacial score (nSPS) is 11.5. The van der Waals surface area contributed by atoms with Gasteiger partial charge in [-0.2, -0.15) is 0 Å². The molecule has 0 atom stereocenters. The summed E-state index contributed by atoms with van der Waals surface area (Å²) in [5.74, 6) is -2.89. The van der Waals surface area contributed by atoms with Crippen LogP contribution in [-0.4, -0.2) is 28.2 Å². The minimum Gasteiger partial charge on any atom is -0.477 e. The van der Waals surface area contributed by atoms with Crippen LogP contribution in [0.4, 0.5) is 4.39 Å². The van der Waals surface area contributed by atoms with E-state index >= 15 is 0 Å². The Morgan fingerprint density at radius 2 is 1.88 bits per heavy atom. The van der Waals surface area contributed by atoms with Crippen LogP contribution in [0.25, 0.3) is 22.7 Å². The number of hydrogen-bond donors (Lipinski definition) is 1. The van der Waals surface area contributed by atoms with Crippen LogP contribution in [0.5, 0.6) is 0 Å². The van der Waals surface area contributed by atoms with Gasteiger partial charge in [0.15, 0.2) is 0 Å². The third-order valence-electron chi connectivity index (χ3n) is 3.87. The summed E-state index contributed by atoms with van der Waals surface area (Å²) >= 11 is 0. The van der Waals surface area contributed by atoms with Gasteiger partial charge >= 0.3 is 11.9 Å². The summed E-state index contributed by atoms with van der Waals surface area (Å²) in [6.07, 6.45) is 2.75. The Bertz CT molecular complexity index is 1010. The average Bonchev–Trinajstić information content (AvgIpc) is 3.00. The van der Waals surface area contributed by atoms with E-state index in [0.717, 1.165) is 11.8 Å². The highest BCUT2D eigenvalue weighted by atomic mass is 19.1. The smallest absolute Gasteiger partial charge is 0.345 e. The van der Waals surface area contributed by atoms with Gasteiger partial charge in [0, 0.05) is 22.8 Å². The SMILES string of the molecule is CCOC(=O)/C(=C/c1cn(-c2ccccc2)c2cccc(F)c12)C(=O)O. The molecule has 0 saturated carbocycles. The molecule has 0 aliphatic heterocycles. The summed E-state index contributed by atoms with van der Waals surface area (Å²) in [6.45, 7) is 1.63. The molecular formula is C20H16FNO4. The number of halogens is 1. The zero-order valence-corrected chi connectivity index (χ0v) is 14.0. The number of rotatable bonds is 5. The van der Waals surface area contributed by atoms with Crippen molar-refractivity contribution in [1.82, 2.24) is 4.57 Å². The Hall–Kier alpha value is -3.41. The van der Waals surface area contributed by atoms with Gasteiger partial charge in [-0.25, -0.2) is 14.0 Å². The molecule has 3 aromatic rings. The van der Waals surface area contributed by atoms with E-state index in [4.69, 9.17) is 4.74 Å². The number of benzene rings is 2. The lowest BCUT2D eigenvalue weighted by Crippen LogP contribution is -2.15. The van der Waals surface area contributed by atoms with Crippen molar-refractivity contribution in [2.75, 3.05) is 6.61 Å². The van der Waals surface area contributed by atoms with E-state index in [1.165, 1.54) is 6.07 Å². The predicted octanol–water partition coefficient (Wildman–Crippen LogP) is 3.80. The molecular weight excluding hydrogens is 337 g/mol. The van der Waals surface area contributed by atoms with Gasteiger partial charge in [-0.3, -0.25) is 0 Å². The molecule has 5 nitrogen and oxygen atoms in total. The van der Waals surface area contributed by atoms with Crippen molar-refractivity contribution in [2.45, 2.75) is 6.92 Å². The topological polar surface area (TPSA) is 68.5 Å². The highest BCUT2D eigenvalue weighted by Gasteiger charge is 2.21. The molecule has 0 spiro atoms. The van der Waals surface area contributed by atoms with Gasteiger partial charge in [-0.05, 0) is 37.3 Å². The monoisotopic (exact) mass is 353 g/mol. The maximum atomic E-state index is 14.5. The fourth-order valence-corrected chi connectivity index (χ4v) is 2.76. The third kappa shape index (κ3) is 3.21. The van der Waals surface area contributed by atoms with Crippen LogP contribution in [-0.2, 0) is 14.3 Å². The second-order valence-electron chi connectivity index (χ2n) is 5.51. The van der Waals surface area contributed by atoms with Crippen LogP contribution in [0.1, 0.15) is 12.5 Å². The van der Waals surface area contributed by atoms with E-state index in [-0.39, 0.29) is 17.6 Å². The molecule has 0 aliphatic carbocycles. The fourth-order valence-electron chi connectivity index (χ4n) is 2.76. The molecule has 1 aromatic heterocycles. The molecule has 2 aromatic carbocycles. The maximum absolute atomic E-state index is 14.5. The highest BCUT2D eigenvalue weighted by Crippen LogP contribution is 2.29. The van der Waals surface area contributed by atoms with Gasteiger partial charge < -0.3 is 14.4 Å². The first-order valence-electron chi connectivity index (χ1n) is 8.00. The van der Waals surface area contributed by atoms with Crippen molar-refractivity contribution in [3.8, 4) is 5.69 Å². The van der Waals surface area contributed by atoms with Crippen molar-refractivity contribution >= 4 is 28.9 Å². The van der Waals surface area contributed by atoms with E-state index < -0.39 is 23.3 Å². The number of fused-ring (bicyclic) bond motifs is 1. The summed E-state index contributed by atoms with van der Waals surface area (Å²) in [5, 5.41) is 9.56. The number of hydrogen-bond acceptors (Lipinski definition) is 3. The largest absolute Gasteiger partial charge is 0.477 e. The summed E-state index contributed by atoms with van der Waals surface area (Å²) in [7, 11) is 0. The van der Waals surface area contributed by atoms with E-state index in [1.807, 2.05) is 30.3 Å². The van der Waals surface area contributed by atoms with Gasteiger partial charge in [-0.15, -0.1) is 0 Å². The summed E-state index contributed by atoms with van der Waals surface area (Å²) in [5.41, 5.74) is 1.08. The number of carboxylic acids is 1. The molecule has 6 heteroatoms. The number of carbonyl (C=O) groups excluding carboxylic acids is 1. The van der Waals surface area contributed by atoms with E-state index in [2.05, 4.69) is 0 Å². The van der Waals surface area contributed by atoms with E-state index in [9.17, 15) is 19.1 Å². The summed E-state index contributed by atoms with van der Waals surface area (Å²) < 4.78 is 21.0. The average molecular weight is 353 g/mol. The Labute approximate surface area is 148 Å². The van der Waals surface area contributed by atoms with Gasteiger partial charge in [0.2, 0.25) is 0 Å². The quantitative estimate of drug-likeness (QED) is 0.328. The molecule has 0 fully saturated rings. The number of para-hydroxylation sites is 1. The highest BCUT2D eigenvalue weighted by molar-refractivity contribution is 6.17.